The molecule has 0 amide bonds. The maximum absolute atomic E-state index is 10.5. The number of nitrogens with one attached hydrogen (secondary N) is 1. The van der Waals surface area contributed by atoms with Gasteiger partial charge in [-0.15, -0.1) is 10.2 Å². The number of carbonyl (C=O) groups is 1. The molecule has 1 heterocycles. The van der Waals surface area contributed by atoms with Crippen molar-refractivity contribution in [3.8, 4) is 5.75 Å². The van der Waals surface area contributed by atoms with Crippen LogP contribution in [0.15, 0.2) is 27.0 Å². The van der Waals surface area contributed by atoms with Crippen LogP contribution in [0.2, 0.25) is 0 Å². The largest absolute Gasteiger partial charge is 0.495 e. The van der Waals surface area contributed by atoms with Gasteiger partial charge in [-0.25, -0.2) is 0 Å². The molecule has 0 aliphatic carbocycles. The van der Waals surface area contributed by atoms with E-state index in [-0.39, 0.29) is 5.75 Å². The van der Waals surface area contributed by atoms with Crippen molar-refractivity contribution in [1.29, 1.82) is 0 Å². The Labute approximate surface area is 131 Å². The molecule has 6 nitrogen and oxygen atoms in total. The molecule has 0 spiro atoms. The summed E-state index contributed by atoms with van der Waals surface area (Å²) in [5, 5.41) is 20.2. The number of nitrogens with zero attached hydrogens (tertiary/aromatic N) is 2. The van der Waals surface area contributed by atoms with Gasteiger partial charge in [0.2, 0.25) is 5.13 Å². The number of methoxy groups -OCH3 is 1. The first-order chi connectivity index (χ1) is 9.58. The van der Waals surface area contributed by atoms with E-state index < -0.39 is 5.97 Å². The summed E-state index contributed by atoms with van der Waals surface area (Å²) in [7, 11) is 1.59. The van der Waals surface area contributed by atoms with Crippen LogP contribution in [0.25, 0.3) is 0 Å². The fraction of sp³-hybridized carbons (Fsp3) is 0.182. The third-order valence-electron chi connectivity index (χ3n) is 2.13. The maximum Gasteiger partial charge on any atom is 0.313 e. The molecule has 0 aliphatic rings. The van der Waals surface area contributed by atoms with Crippen LogP contribution in [0.5, 0.6) is 5.75 Å². The Kier molecular flexibility index (Phi) is 5.21. The molecule has 0 bridgehead atoms. The van der Waals surface area contributed by atoms with Gasteiger partial charge in [-0.2, -0.15) is 0 Å². The summed E-state index contributed by atoms with van der Waals surface area (Å²) >= 11 is 5.82. The molecule has 1 aromatic heterocycles. The number of anilines is 2. The fourth-order valence-corrected chi connectivity index (χ4v) is 3.18. The molecule has 0 aliphatic heterocycles. The standard InChI is InChI=1S/C11H10BrN3O3S2/c1-18-8-3-2-6(12)4-7(8)13-10-14-15-11(20-10)19-5-9(16)17/h2-4H,5H2,1H3,(H,13,14)(H,16,17). The number of carboxylic acid groups (broad SMARTS) is 1. The number of aliphatic carboxylic acids is 1. The summed E-state index contributed by atoms with van der Waals surface area (Å²) in [5.41, 5.74) is 0.757. The number of benzene rings is 1. The lowest BCUT2D eigenvalue weighted by molar-refractivity contribution is -0.133. The van der Waals surface area contributed by atoms with E-state index in [1.165, 1.54) is 11.3 Å². The van der Waals surface area contributed by atoms with Crippen LogP contribution in [-0.4, -0.2) is 34.1 Å². The maximum atomic E-state index is 10.5. The highest BCUT2D eigenvalue weighted by Gasteiger charge is 2.10. The van der Waals surface area contributed by atoms with Gasteiger partial charge in [0.25, 0.3) is 0 Å². The molecule has 0 radical (unpaired) electrons. The highest BCUT2D eigenvalue weighted by molar-refractivity contribution is 9.10. The predicted molar refractivity (Wildman–Crippen MR) is 82.2 cm³/mol. The molecule has 9 heteroatoms. The highest BCUT2D eigenvalue weighted by atomic mass is 79.9. The van der Waals surface area contributed by atoms with Gasteiger partial charge in [0.05, 0.1) is 18.6 Å². The molecule has 2 rings (SSSR count). The van der Waals surface area contributed by atoms with Crippen LogP contribution in [0.1, 0.15) is 0 Å². The summed E-state index contributed by atoms with van der Waals surface area (Å²) in [5.74, 6) is -0.231. The lowest BCUT2D eigenvalue weighted by atomic mass is 10.3. The Hall–Kier alpha value is -1.32. The quantitative estimate of drug-likeness (QED) is 0.749. The monoisotopic (exact) mass is 375 g/mol. The molecule has 2 aromatic rings. The van der Waals surface area contributed by atoms with E-state index in [1.54, 1.807) is 7.11 Å². The zero-order valence-electron chi connectivity index (χ0n) is 10.3. The van der Waals surface area contributed by atoms with E-state index in [1.807, 2.05) is 18.2 Å². The first-order valence-corrected chi connectivity index (χ1v) is 7.96. The molecule has 106 valence electrons. The van der Waals surface area contributed by atoms with Crippen LogP contribution in [0.3, 0.4) is 0 Å². The summed E-state index contributed by atoms with van der Waals surface area (Å²) in [6.45, 7) is 0. The second-order valence-corrected chi connectivity index (χ2v) is 6.64. The second-order valence-electron chi connectivity index (χ2n) is 3.53. The van der Waals surface area contributed by atoms with Crippen molar-refractivity contribution in [3.05, 3.63) is 22.7 Å². The van der Waals surface area contributed by atoms with Gasteiger partial charge < -0.3 is 15.2 Å². The number of ether oxygens (including phenoxy) is 1. The summed E-state index contributed by atoms with van der Waals surface area (Å²) in [6, 6.07) is 5.57. The number of thioether (sulfide) groups is 1. The van der Waals surface area contributed by atoms with Crippen molar-refractivity contribution < 1.29 is 14.6 Å². The van der Waals surface area contributed by atoms with Crippen LogP contribution in [0, 0.1) is 0 Å². The molecule has 0 saturated carbocycles. The zero-order valence-corrected chi connectivity index (χ0v) is 13.5. The minimum atomic E-state index is -0.881. The number of hydrogen-bond donors (Lipinski definition) is 2. The summed E-state index contributed by atoms with van der Waals surface area (Å²) in [4.78, 5) is 10.5. The van der Waals surface area contributed by atoms with Crippen LogP contribution in [0.4, 0.5) is 10.8 Å². The normalized spacial score (nSPS) is 10.3. The lowest BCUT2D eigenvalue weighted by Crippen LogP contribution is -1.96. The molecule has 0 atom stereocenters. The Morgan fingerprint density at radius 2 is 2.35 bits per heavy atom. The zero-order chi connectivity index (χ0) is 14.5. The average Bonchev–Trinajstić information content (AvgIpc) is 2.84. The Morgan fingerprint density at radius 1 is 1.55 bits per heavy atom. The van der Waals surface area contributed by atoms with Crippen LogP contribution >= 0.6 is 39.0 Å². The van der Waals surface area contributed by atoms with Crippen LogP contribution in [-0.2, 0) is 4.79 Å². The number of rotatable bonds is 6. The van der Waals surface area contributed by atoms with E-state index in [9.17, 15) is 4.79 Å². The molecular formula is C11H10BrN3O3S2. The van der Waals surface area contributed by atoms with Crippen molar-refractivity contribution in [2.24, 2.45) is 0 Å². The second kappa shape index (κ2) is 6.91. The molecule has 0 fully saturated rings. The van der Waals surface area contributed by atoms with Crippen molar-refractivity contribution in [2.75, 3.05) is 18.2 Å². The molecular weight excluding hydrogens is 366 g/mol. The van der Waals surface area contributed by atoms with E-state index in [0.29, 0.717) is 15.2 Å². The number of hydrogen-bond acceptors (Lipinski definition) is 7. The summed E-state index contributed by atoms with van der Waals surface area (Å²) < 4.78 is 6.76. The smallest absolute Gasteiger partial charge is 0.313 e. The van der Waals surface area contributed by atoms with E-state index in [0.717, 1.165) is 21.9 Å². The average molecular weight is 376 g/mol. The topological polar surface area (TPSA) is 84.3 Å². The van der Waals surface area contributed by atoms with Gasteiger partial charge in [-0.05, 0) is 18.2 Å². The Balaban J connectivity index is 2.10. The fourth-order valence-electron chi connectivity index (χ4n) is 1.34. The van der Waals surface area contributed by atoms with Crippen molar-refractivity contribution >= 4 is 55.8 Å². The van der Waals surface area contributed by atoms with Crippen molar-refractivity contribution in [2.45, 2.75) is 4.34 Å². The third-order valence-corrected chi connectivity index (χ3v) is 4.58. The first kappa shape index (κ1) is 15.1. The molecule has 2 N–H and O–H groups in total. The number of carboxylic acids is 1. The van der Waals surface area contributed by atoms with Gasteiger partial charge in [0, 0.05) is 4.47 Å². The van der Waals surface area contributed by atoms with Crippen molar-refractivity contribution in [1.82, 2.24) is 10.2 Å². The SMILES string of the molecule is COc1ccc(Br)cc1Nc1nnc(SCC(=O)O)s1. The number of aromatic nitrogens is 2. The van der Waals surface area contributed by atoms with Gasteiger partial charge >= 0.3 is 5.97 Å². The minimum absolute atomic E-state index is 0.0329. The molecule has 1 aromatic carbocycles. The van der Waals surface area contributed by atoms with E-state index in [4.69, 9.17) is 9.84 Å². The van der Waals surface area contributed by atoms with Crippen molar-refractivity contribution in [3.63, 3.8) is 0 Å². The Morgan fingerprint density at radius 3 is 3.05 bits per heavy atom. The van der Waals surface area contributed by atoms with Gasteiger partial charge in [0.15, 0.2) is 4.34 Å². The van der Waals surface area contributed by atoms with Gasteiger partial charge in [-0.1, -0.05) is 39.0 Å². The van der Waals surface area contributed by atoms with Gasteiger partial charge in [0.1, 0.15) is 5.75 Å². The van der Waals surface area contributed by atoms with E-state index in [2.05, 4.69) is 31.4 Å². The molecule has 0 saturated heterocycles. The highest BCUT2D eigenvalue weighted by Crippen LogP contribution is 2.33. The molecule has 0 unspecified atom stereocenters. The Bertz CT molecular complexity index is 621. The lowest BCUT2D eigenvalue weighted by Gasteiger charge is -2.08. The van der Waals surface area contributed by atoms with Gasteiger partial charge in [-0.3, -0.25) is 4.79 Å². The predicted octanol–water partition coefficient (Wildman–Crippen LogP) is 3.23. The first-order valence-electron chi connectivity index (χ1n) is 5.37. The minimum Gasteiger partial charge on any atom is -0.495 e. The summed E-state index contributed by atoms with van der Waals surface area (Å²) in [6.07, 6.45) is 0. The van der Waals surface area contributed by atoms with Crippen LogP contribution < -0.4 is 10.1 Å². The number of halogens is 1. The van der Waals surface area contributed by atoms with E-state index >= 15 is 0 Å². The molecule has 20 heavy (non-hydrogen) atoms. The third kappa shape index (κ3) is 4.09.